The third-order valence-corrected chi connectivity index (χ3v) is 8.12. The second-order valence-corrected chi connectivity index (χ2v) is 10.5. The summed E-state index contributed by atoms with van der Waals surface area (Å²) in [5.41, 5.74) is 14.6. The van der Waals surface area contributed by atoms with Gasteiger partial charge in [-0.3, -0.25) is 4.79 Å². The molecule has 5 N–H and O–H groups in total. The van der Waals surface area contributed by atoms with Crippen molar-refractivity contribution in [1.82, 2.24) is 9.80 Å². The van der Waals surface area contributed by atoms with Gasteiger partial charge in [0.25, 0.3) is 0 Å². The number of nitrogens with zero attached hydrogens (tertiary/aromatic N) is 2. The molecule has 181 valence electrons. The van der Waals surface area contributed by atoms with Gasteiger partial charge in [-0.2, -0.15) is 0 Å². The maximum atomic E-state index is 14.1. The zero-order valence-corrected chi connectivity index (χ0v) is 20.1. The highest BCUT2D eigenvalue weighted by atomic mass is 32.2. The first-order valence-corrected chi connectivity index (χ1v) is 12.5. The monoisotopic (exact) mass is 490 g/mol. The van der Waals surface area contributed by atoms with Crippen LogP contribution in [0, 0.1) is 6.67 Å². The van der Waals surface area contributed by atoms with Crippen molar-refractivity contribution in [3.8, 4) is 0 Å². The first-order valence-electron chi connectivity index (χ1n) is 11.0. The van der Waals surface area contributed by atoms with Gasteiger partial charge in [-0.1, -0.05) is 66.7 Å². The lowest BCUT2D eigenvalue weighted by Gasteiger charge is -2.35. The smallest absolute Gasteiger partial charge is 0.243 e. The molecule has 8 nitrogen and oxygen atoms in total. The summed E-state index contributed by atoms with van der Waals surface area (Å²) >= 11 is 0. The molecule has 3 aromatic rings. The Bertz CT molecular complexity index is 1320. The van der Waals surface area contributed by atoms with E-state index in [-0.39, 0.29) is 17.3 Å². The minimum atomic E-state index is -4.22. The van der Waals surface area contributed by atoms with Crippen LogP contribution in [0.4, 0.5) is 5.69 Å². The maximum Gasteiger partial charge on any atom is 0.243 e. The molecule has 0 spiro atoms. The van der Waals surface area contributed by atoms with Crippen molar-refractivity contribution in [1.29, 1.82) is 0 Å². The summed E-state index contributed by atoms with van der Waals surface area (Å²) in [6.07, 6.45) is 3.59. The predicted octanol–water partition coefficient (Wildman–Crippen LogP) is 2.75. The molecule has 1 aliphatic rings. The normalized spacial score (nSPS) is 16.1. The van der Waals surface area contributed by atoms with Crippen LogP contribution in [0.2, 0.25) is 0 Å². The summed E-state index contributed by atoms with van der Waals surface area (Å²) < 4.78 is 28.2. The molecule has 0 unspecified atom stereocenters. The van der Waals surface area contributed by atoms with Crippen molar-refractivity contribution in [3.05, 3.63) is 115 Å². The summed E-state index contributed by atoms with van der Waals surface area (Å²) in [7, 11) is -2.37. The third-order valence-electron chi connectivity index (χ3n) is 5.87. The Kier molecular flexibility index (Phi) is 6.93. The fraction of sp³-hybridized carbons (Fsp3) is 0.154. The fourth-order valence-corrected chi connectivity index (χ4v) is 5.85. The molecule has 0 saturated heterocycles. The second-order valence-electron chi connectivity index (χ2n) is 8.38. The summed E-state index contributed by atoms with van der Waals surface area (Å²) in [6.45, 7) is 1.86. The minimum absolute atomic E-state index is 0.0413. The Morgan fingerprint density at radius 2 is 1.63 bits per heavy atom. The number of amides is 1. The predicted molar refractivity (Wildman–Crippen MR) is 136 cm³/mol. The number of nitrogens with one attached hydrogen (secondary N) is 1. The summed E-state index contributed by atoms with van der Waals surface area (Å²) in [6, 6.07) is 22.5. The molecule has 0 aromatic heterocycles. The first kappa shape index (κ1) is 24.5. The molecule has 1 radical (unpaired) electrons. The second kappa shape index (κ2) is 9.91. The number of nitrogens with two attached hydrogens (primary N) is 2. The molecule has 0 aliphatic carbocycles. The first-order chi connectivity index (χ1) is 16.7. The van der Waals surface area contributed by atoms with Crippen LogP contribution >= 0.6 is 0 Å². The molecule has 9 heteroatoms. The Morgan fingerprint density at radius 3 is 2.26 bits per heavy atom. The zero-order valence-electron chi connectivity index (χ0n) is 19.3. The number of rotatable bonds is 8. The van der Waals surface area contributed by atoms with Crippen LogP contribution in [0.5, 0.6) is 0 Å². The van der Waals surface area contributed by atoms with Gasteiger partial charge in [0.15, 0.2) is 4.87 Å². The van der Waals surface area contributed by atoms with Gasteiger partial charge >= 0.3 is 0 Å². The van der Waals surface area contributed by atoms with Gasteiger partial charge in [0, 0.05) is 25.1 Å². The maximum absolute atomic E-state index is 14.1. The van der Waals surface area contributed by atoms with E-state index in [9.17, 15) is 13.2 Å². The quantitative estimate of drug-likeness (QED) is 0.444. The average molecular weight is 491 g/mol. The molecule has 1 amide bonds. The van der Waals surface area contributed by atoms with E-state index < -0.39 is 20.8 Å². The zero-order chi connectivity index (χ0) is 25.1. The summed E-state index contributed by atoms with van der Waals surface area (Å²) in [4.78, 5) is 14.1. The molecule has 3 aromatic carbocycles. The molecular formula is C26H28N5O3S. The number of hydrogen-bond acceptors (Lipinski definition) is 7. The van der Waals surface area contributed by atoms with Crippen LogP contribution in [0.15, 0.2) is 102 Å². The molecule has 35 heavy (non-hydrogen) atoms. The standard InChI is InChI=1S/C26H28N5O3S/c1-30-15-16-31(19-30)18-24(32)29-22-13-8-14-23(17-22)35(33,34)26(28,21-11-6-3-7-12-21)25(27)20-9-4-2-5-10-20/h2-17,19,25H,18,27-28H2,1H3,(H,29,32)/t25-,26-/m1/s1. The largest absolute Gasteiger partial charge is 0.356 e. The molecule has 0 saturated carbocycles. The van der Waals surface area contributed by atoms with Crippen LogP contribution in [0.25, 0.3) is 0 Å². The van der Waals surface area contributed by atoms with Gasteiger partial charge in [-0.15, -0.1) is 0 Å². The van der Waals surface area contributed by atoms with E-state index in [1.807, 2.05) is 24.2 Å². The number of carbonyl (C=O) groups is 1. The van der Waals surface area contributed by atoms with E-state index in [0.717, 1.165) is 0 Å². The van der Waals surface area contributed by atoms with Gasteiger partial charge < -0.3 is 26.6 Å². The van der Waals surface area contributed by atoms with Gasteiger partial charge in [0.05, 0.1) is 17.5 Å². The van der Waals surface area contributed by atoms with Crippen LogP contribution in [0.3, 0.4) is 0 Å². The molecule has 4 rings (SSSR count). The van der Waals surface area contributed by atoms with Crippen molar-refractivity contribution in [2.75, 3.05) is 18.9 Å². The lowest BCUT2D eigenvalue weighted by Crippen LogP contribution is -2.52. The van der Waals surface area contributed by atoms with Gasteiger partial charge in [0.1, 0.15) is 6.67 Å². The molecule has 1 heterocycles. The number of carbonyl (C=O) groups excluding carboxylic acids is 1. The molecule has 0 bridgehead atoms. The molecule has 0 fully saturated rings. The minimum Gasteiger partial charge on any atom is -0.356 e. The molecule has 2 atom stereocenters. The van der Waals surface area contributed by atoms with Crippen molar-refractivity contribution < 1.29 is 13.2 Å². The lowest BCUT2D eigenvalue weighted by molar-refractivity contribution is -0.116. The summed E-state index contributed by atoms with van der Waals surface area (Å²) in [5.74, 6) is -0.293. The third kappa shape index (κ3) is 4.93. The van der Waals surface area contributed by atoms with Crippen LogP contribution in [0.1, 0.15) is 17.2 Å². The number of benzene rings is 3. The molecule has 1 aliphatic heterocycles. The Labute approximate surface area is 205 Å². The average Bonchev–Trinajstić information content (AvgIpc) is 3.28. The van der Waals surface area contributed by atoms with E-state index in [4.69, 9.17) is 11.5 Å². The van der Waals surface area contributed by atoms with Crippen molar-refractivity contribution in [2.45, 2.75) is 15.8 Å². The van der Waals surface area contributed by atoms with Crippen LogP contribution in [-0.2, 0) is 19.5 Å². The van der Waals surface area contributed by atoms with Gasteiger partial charge in [-0.05, 0) is 29.3 Å². The summed E-state index contributed by atoms with van der Waals surface area (Å²) in [5, 5.41) is 2.76. The number of anilines is 1. The molecular weight excluding hydrogens is 462 g/mol. The van der Waals surface area contributed by atoms with E-state index in [1.54, 1.807) is 84.5 Å². The van der Waals surface area contributed by atoms with E-state index in [2.05, 4.69) is 5.32 Å². The Morgan fingerprint density at radius 1 is 0.971 bits per heavy atom. The van der Waals surface area contributed by atoms with E-state index in [0.29, 0.717) is 16.8 Å². The highest BCUT2D eigenvalue weighted by molar-refractivity contribution is 7.92. The Balaban J connectivity index is 1.67. The topological polar surface area (TPSA) is 122 Å². The van der Waals surface area contributed by atoms with Crippen LogP contribution in [-0.4, -0.2) is 37.7 Å². The van der Waals surface area contributed by atoms with Gasteiger partial charge in [0.2, 0.25) is 15.7 Å². The van der Waals surface area contributed by atoms with Crippen molar-refractivity contribution in [3.63, 3.8) is 0 Å². The van der Waals surface area contributed by atoms with Gasteiger partial charge in [-0.25, -0.2) is 8.42 Å². The SMILES string of the molecule is CN1[CH]N(CC(=O)Nc2cccc(S(=O)(=O)[C@](N)(c3ccccc3)[C@H](N)c3ccccc3)c2)C=C1. The van der Waals surface area contributed by atoms with Crippen molar-refractivity contribution >= 4 is 21.4 Å². The Hall–Kier alpha value is -3.66. The van der Waals surface area contributed by atoms with E-state index in [1.165, 1.54) is 12.1 Å². The van der Waals surface area contributed by atoms with Crippen molar-refractivity contribution in [2.24, 2.45) is 11.5 Å². The number of sulfone groups is 1. The number of hydrogen-bond donors (Lipinski definition) is 3. The highest BCUT2D eigenvalue weighted by Gasteiger charge is 2.48. The lowest BCUT2D eigenvalue weighted by atomic mass is 9.94. The van der Waals surface area contributed by atoms with E-state index >= 15 is 0 Å². The highest BCUT2D eigenvalue weighted by Crippen LogP contribution is 2.40. The van der Waals surface area contributed by atoms with Crippen LogP contribution < -0.4 is 16.8 Å². The fourth-order valence-electron chi connectivity index (χ4n) is 4.01.